The van der Waals surface area contributed by atoms with Crippen molar-refractivity contribution >= 4 is 29.3 Å². The number of carbonyl (C=O) groups excluding carboxylic acids is 1. The first-order chi connectivity index (χ1) is 14.5. The van der Waals surface area contributed by atoms with E-state index in [4.69, 9.17) is 16.3 Å². The summed E-state index contributed by atoms with van der Waals surface area (Å²) in [6.07, 6.45) is 1.82. The molecule has 0 fully saturated rings. The Bertz CT molecular complexity index is 1150. The fourth-order valence-electron chi connectivity index (χ4n) is 2.91. The number of benzene rings is 3. The van der Waals surface area contributed by atoms with E-state index in [9.17, 15) is 14.4 Å². The van der Waals surface area contributed by atoms with Gasteiger partial charge in [-0.25, -0.2) is 4.39 Å². The lowest BCUT2D eigenvalue weighted by molar-refractivity contribution is -0.112. The minimum absolute atomic E-state index is 0.0844. The molecule has 0 aliphatic rings. The van der Waals surface area contributed by atoms with Gasteiger partial charge in [-0.3, -0.25) is 4.79 Å². The zero-order valence-electron chi connectivity index (χ0n) is 16.2. The quantitative estimate of drug-likeness (QED) is 0.415. The molecule has 3 aromatic carbocycles. The number of nitrogens with one attached hydrogen (secondary N) is 1. The van der Waals surface area contributed by atoms with Gasteiger partial charge in [0.25, 0.3) is 5.91 Å². The Hall–Kier alpha value is -3.62. The summed E-state index contributed by atoms with van der Waals surface area (Å²) in [7, 11) is 1.52. The highest BCUT2D eigenvalue weighted by molar-refractivity contribution is 6.34. The second-order valence-electron chi connectivity index (χ2n) is 6.44. The molecule has 0 unspecified atom stereocenters. The van der Waals surface area contributed by atoms with Crippen molar-refractivity contribution in [3.05, 3.63) is 99.8 Å². The number of hydrogen-bond acceptors (Lipinski definition) is 3. The number of methoxy groups -OCH3 is 1. The van der Waals surface area contributed by atoms with Crippen molar-refractivity contribution in [2.45, 2.75) is 6.42 Å². The molecule has 3 rings (SSSR count). The van der Waals surface area contributed by atoms with Crippen LogP contribution in [0.4, 0.5) is 10.1 Å². The van der Waals surface area contributed by atoms with Gasteiger partial charge >= 0.3 is 0 Å². The predicted molar refractivity (Wildman–Crippen MR) is 116 cm³/mol. The Balaban J connectivity index is 1.84. The predicted octanol–water partition coefficient (Wildman–Crippen LogP) is 5.62. The van der Waals surface area contributed by atoms with Crippen molar-refractivity contribution < 1.29 is 13.9 Å². The third-order valence-corrected chi connectivity index (χ3v) is 4.78. The van der Waals surface area contributed by atoms with E-state index in [1.807, 2.05) is 6.07 Å². The average molecular weight is 421 g/mol. The van der Waals surface area contributed by atoms with Gasteiger partial charge in [-0.1, -0.05) is 54.1 Å². The first-order valence-electron chi connectivity index (χ1n) is 9.10. The molecule has 6 heteroatoms. The molecule has 0 saturated heterocycles. The van der Waals surface area contributed by atoms with Crippen molar-refractivity contribution in [3.8, 4) is 11.8 Å². The molecule has 150 valence electrons. The summed E-state index contributed by atoms with van der Waals surface area (Å²) in [6.45, 7) is 0. The smallest absolute Gasteiger partial charge is 0.266 e. The van der Waals surface area contributed by atoms with Crippen LogP contribution in [-0.2, 0) is 11.2 Å². The molecule has 0 aliphatic carbocycles. The number of nitriles is 1. The van der Waals surface area contributed by atoms with E-state index >= 15 is 0 Å². The van der Waals surface area contributed by atoms with Crippen LogP contribution in [0.5, 0.6) is 5.75 Å². The van der Waals surface area contributed by atoms with Crippen molar-refractivity contribution in [1.82, 2.24) is 0 Å². The Morgan fingerprint density at radius 1 is 1.13 bits per heavy atom. The van der Waals surface area contributed by atoms with Crippen LogP contribution in [0.25, 0.3) is 6.08 Å². The highest BCUT2D eigenvalue weighted by atomic mass is 35.5. The maximum atomic E-state index is 14.0. The monoisotopic (exact) mass is 420 g/mol. The Labute approximate surface area is 179 Å². The van der Waals surface area contributed by atoms with E-state index in [0.717, 1.165) is 5.56 Å². The van der Waals surface area contributed by atoms with Crippen LogP contribution in [0.3, 0.4) is 0 Å². The van der Waals surface area contributed by atoms with Gasteiger partial charge < -0.3 is 10.1 Å². The number of nitrogens with zero attached hydrogens (tertiary/aromatic N) is 1. The number of para-hydroxylation sites is 1. The van der Waals surface area contributed by atoms with Gasteiger partial charge in [0.15, 0.2) is 0 Å². The molecular weight excluding hydrogens is 403 g/mol. The molecule has 3 aromatic rings. The maximum absolute atomic E-state index is 14.0. The lowest BCUT2D eigenvalue weighted by Crippen LogP contribution is -2.13. The van der Waals surface area contributed by atoms with Crippen molar-refractivity contribution in [2.75, 3.05) is 12.4 Å². The van der Waals surface area contributed by atoms with Crippen LogP contribution in [0.15, 0.2) is 72.3 Å². The third-order valence-electron chi connectivity index (χ3n) is 4.45. The van der Waals surface area contributed by atoms with Gasteiger partial charge in [0, 0.05) is 6.42 Å². The largest absolute Gasteiger partial charge is 0.496 e. The van der Waals surface area contributed by atoms with Crippen LogP contribution >= 0.6 is 11.6 Å². The molecule has 0 saturated carbocycles. The van der Waals surface area contributed by atoms with Crippen LogP contribution in [-0.4, -0.2) is 13.0 Å². The summed E-state index contributed by atoms with van der Waals surface area (Å²) >= 11 is 6.05. The summed E-state index contributed by atoms with van der Waals surface area (Å²) in [5.74, 6) is -0.317. The van der Waals surface area contributed by atoms with Gasteiger partial charge in [0.05, 0.1) is 17.8 Å². The minimum atomic E-state index is -0.569. The summed E-state index contributed by atoms with van der Waals surface area (Å²) in [5, 5.41) is 12.4. The van der Waals surface area contributed by atoms with E-state index in [1.54, 1.807) is 60.7 Å². The molecule has 0 bridgehead atoms. The lowest BCUT2D eigenvalue weighted by atomic mass is 10.0. The highest BCUT2D eigenvalue weighted by Crippen LogP contribution is 2.26. The summed E-state index contributed by atoms with van der Waals surface area (Å²) in [4.78, 5) is 12.5. The molecule has 1 amide bonds. The molecule has 0 spiro atoms. The standard InChI is InChI=1S/C24H18ClFN2O2/c1-30-23-13-16(10-11-18(23)14-17-6-2-4-8-21(17)26)12-19(15-27)24(29)28-22-9-5-3-7-20(22)25/h2-13H,14H2,1H3,(H,28,29)/b19-12+. The fourth-order valence-corrected chi connectivity index (χ4v) is 3.09. The fraction of sp³-hybridized carbons (Fsp3) is 0.0833. The van der Waals surface area contributed by atoms with Crippen molar-refractivity contribution in [3.63, 3.8) is 0 Å². The molecule has 4 nitrogen and oxygen atoms in total. The molecular formula is C24H18ClFN2O2. The van der Waals surface area contributed by atoms with E-state index in [2.05, 4.69) is 5.32 Å². The van der Waals surface area contributed by atoms with Gasteiger partial charge in [-0.15, -0.1) is 0 Å². The number of ether oxygens (including phenoxy) is 1. The van der Waals surface area contributed by atoms with Crippen LogP contribution in [0.1, 0.15) is 16.7 Å². The Morgan fingerprint density at radius 3 is 2.57 bits per heavy atom. The lowest BCUT2D eigenvalue weighted by Gasteiger charge is -2.11. The second-order valence-corrected chi connectivity index (χ2v) is 6.85. The average Bonchev–Trinajstić information content (AvgIpc) is 2.76. The molecule has 0 atom stereocenters. The number of anilines is 1. The molecule has 30 heavy (non-hydrogen) atoms. The number of carbonyl (C=O) groups is 1. The zero-order chi connectivity index (χ0) is 21.5. The number of rotatable bonds is 6. The molecule has 0 heterocycles. The first kappa shape index (κ1) is 21.1. The normalized spacial score (nSPS) is 10.9. The van der Waals surface area contributed by atoms with Gasteiger partial charge in [-0.2, -0.15) is 5.26 Å². The van der Waals surface area contributed by atoms with Gasteiger partial charge in [-0.05, 0) is 47.0 Å². The van der Waals surface area contributed by atoms with Crippen LogP contribution < -0.4 is 10.1 Å². The summed E-state index contributed by atoms with van der Waals surface area (Å²) < 4.78 is 19.4. The minimum Gasteiger partial charge on any atom is -0.496 e. The van der Waals surface area contributed by atoms with Crippen molar-refractivity contribution in [2.24, 2.45) is 0 Å². The molecule has 0 aliphatic heterocycles. The van der Waals surface area contributed by atoms with Crippen LogP contribution in [0, 0.1) is 17.1 Å². The van der Waals surface area contributed by atoms with Crippen molar-refractivity contribution in [1.29, 1.82) is 5.26 Å². The van der Waals surface area contributed by atoms with E-state index in [1.165, 1.54) is 19.3 Å². The van der Waals surface area contributed by atoms with Gasteiger partial charge in [0.2, 0.25) is 0 Å². The topological polar surface area (TPSA) is 62.1 Å². The Kier molecular flexibility index (Phi) is 6.84. The van der Waals surface area contributed by atoms with E-state index in [-0.39, 0.29) is 11.4 Å². The summed E-state index contributed by atoms with van der Waals surface area (Å²) in [6, 6.07) is 20.5. The molecule has 0 radical (unpaired) electrons. The van der Waals surface area contributed by atoms with Gasteiger partial charge in [0.1, 0.15) is 23.2 Å². The number of amides is 1. The highest BCUT2D eigenvalue weighted by Gasteiger charge is 2.13. The SMILES string of the molecule is COc1cc(/C=C(\C#N)C(=O)Nc2ccccc2Cl)ccc1Cc1ccccc1F. The summed E-state index contributed by atoms with van der Waals surface area (Å²) in [5.41, 5.74) is 2.28. The number of halogens is 2. The van der Waals surface area contributed by atoms with E-state index in [0.29, 0.717) is 34.0 Å². The van der Waals surface area contributed by atoms with E-state index < -0.39 is 5.91 Å². The number of hydrogen-bond donors (Lipinski definition) is 1. The van der Waals surface area contributed by atoms with Crippen LogP contribution in [0.2, 0.25) is 5.02 Å². The Morgan fingerprint density at radius 2 is 1.87 bits per heavy atom. The zero-order valence-corrected chi connectivity index (χ0v) is 16.9. The first-order valence-corrected chi connectivity index (χ1v) is 9.47. The third kappa shape index (κ3) is 5.05. The molecule has 0 aromatic heterocycles. The molecule has 1 N–H and O–H groups in total. The maximum Gasteiger partial charge on any atom is 0.266 e. The second kappa shape index (κ2) is 9.73.